The predicted molar refractivity (Wildman–Crippen MR) is 57.6 cm³/mol. The van der Waals surface area contributed by atoms with Crippen molar-refractivity contribution >= 4 is 27.7 Å². The molecular weight excluding hydrogens is 250 g/mol. The number of benzene rings is 1. The fourth-order valence-corrected chi connectivity index (χ4v) is 1.19. The third-order valence-electron chi connectivity index (χ3n) is 1.63. The first-order chi connectivity index (χ1) is 6.66. The van der Waals surface area contributed by atoms with Gasteiger partial charge < -0.3 is 5.11 Å². The largest absolute Gasteiger partial charge is 0.502 e. The quantitative estimate of drug-likeness (QED) is 0.515. The third kappa shape index (κ3) is 2.32. The maximum absolute atomic E-state index is 10.5. The first-order valence-corrected chi connectivity index (χ1v) is 4.98. The van der Waals surface area contributed by atoms with Gasteiger partial charge in [-0.15, -0.1) is 0 Å². The summed E-state index contributed by atoms with van der Waals surface area (Å²) in [4.78, 5) is 9.85. The van der Waals surface area contributed by atoms with Gasteiger partial charge in [-0.25, -0.2) is 0 Å². The zero-order chi connectivity index (χ0) is 10.6. The lowest BCUT2D eigenvalue weighted by atomic mass is 10.1. The summed E-state index contributed by atoms with van der Waals surface area (Å²) in [7, 11) is 0. The molecule has 0 fully saturated rings. The van der Waals surface area contributed by atoms with E-state index in [2.05, 4.69) is 15.9 Å². The fraction of sp³-hybridized carbons (Fsp3) is 0.111. The van der Waals surface area contributed by atoms with Crippen LogP contribution in [0.15, 0.2) is 24.3 Å². The number of para-hydroxylation sites is 1. The zero-order valence-electron chi connectivity index (χ0n) is 7.18. The molecule has 0 aliphatic rings. The molecule has 1 N–H and O–H groups in total. The average Bonchev–Trinajstić information content (AvgIpc) is 2.16. The maximum Gasteiger partial charge on any atom is 0.311 e. The Kier molecular flexibility index (Phi) is 3.64. The van der Waals surface area contributed by atoms with Crippen LogP contribution in [0.5, 0.6) is 5.75 Å². The minimum atomic E-state index is -0.610. The van der Waals surface area contributed by atoms with Gasteiger partial charge in [-0.1, -0.05) is 40.2 Å². The Morgan fingerprint density at radius 2 is 2.29 bits per heavy atom. The number of phenols is 1. The molecule has 0 heterocycles. The van der Waals surface area contributed by atoms with Crippen molar-refractivity contribution in [1.29, 1.82) is 0 Å². The molecule has 0 atom stereocenters. The second kappa shape index (κ2) is 4.76. The Labute approximate surface area is 89.2 Å². The summed E-state index contributed by atoms with van der Waals surface area (Å²) in [6.45, 7) is 0. The van der Waals surface area contributed by atoms with E-state index in [1.54, 1.807) is 18.2 Å². The Balaban J connectivity index is 3.14. The van der Waals surface area contributed by atoms with Crippen LogP contribution in [0.1, 0.15) is 5.56 Å². The molecule has 0 aliphatic carbocycles. The lowest BCUT2D eigenvalue weighted by Gasteiger charge is -1.99. The van der Waals surface area contributed by atoms with E-state index in [-0.39, 0.29) is 11.4 Å². The van der Waals surface area contributed by atoms with Crippen molar-refractivity contribution in [1.82, 2.24) is 0 Å². The highest BCUT2D eigenvalue weighted by atomic mass is 79.9. The van der Waals surface area contributed by atoms with Crippen LogP contribution in [0.2, 0.25) is 0 Å². The Morgan fingerprint density at radius 3 is 2.86 bits per heavy atom. The first kappa shape index (κ1) is 10.7. The van der Waals surface area contributed by atoms with Crippen LogP contribution in [0, 0.1) is 10.1 Å². The minimum absolute atomic E-state index is 0.276. The fourth-order valence-electron chi connectivity index (χ4n) is 1.00. The maximum atomic E-state index is 10.5. The molecular formula is C9H8BrNO3. The summed E-state index contributed by atoms with van der Waals surface area (Å²) in [6.07, 6.45) is 3.37. The van der Waals surface area contributed by atoms with E-state index < -0.39 is 4.92 Å². The summed E-state index contributed by atoms with van der Waals surface area (Å²) >= 11 is 3.18. The molecule has 5 heteroatoms. The monoisotopic (exact) mass is 257 g/mol. The number of rotatable bonds is 3. The van der Waals surface area contributed by atoms with E-state index in [9.17, 15) is 15.2 Å². The molecule has 0 saturated heterocycles. The number of nitrogens with zero attached hydrogens (tertiary/aromatic N) is 1. The van der Waals surface area contributed by atoms with Crippen molar-refractivity contribution in [2.24, 2.45) is 0 Å². The highest BCUT2D eigenvalue weighted by Crippen LogP contribution is 2.29. The van der Waals surface area contributed by atoms with Gasteiger partial charge >= 0.3 is 5.69 Å². The summed E-state index contributed by atoms with van der Waals surface area (Å²) in [5.41, 5.74) is 0.167. The summed E-state index contributed by atoms with van der Waals surface area (Å²) in [6, 6.07) is 4.41. The zero-order valence-corrected chi connectivity index (χ0v) is 8.77. The normalized spacial score (nSPS) is 10.6. The Bertz CT molecular complexity index is 376. The SMILES string of the molecule is O=[N+]([O-])c1cccc(C=CCBr)c1O. The topological polar surface area (TPSA) is 63.4 Å². The lowest BCUT2D eigenvalue weighted by Crippen LogP contribution is -1.89. The predicted octanol–water partition coefficient (Wildman–Crippen LogP) is 2.71. The number of aromatic hydroxyl groups is 1. The molecule has 74 valence electrons. The molecule has 0 amide bonds. The van der Waals surface area contributed by atoms with Gasteiger partial charge in [0, 0.05) is 17.0 Å². The van der Waals surface area contributed by atoms with Crippen LogP contribution in [-0.2, 0) is 0 Å². The van der Waals surface area contributed by atoms with Crippen LogP contribution in [0.4, 0.5) is 5.69 Å². The van der Waals surface area contributed by atoms with Gasteiger partial charge in [0.25, 0.3) is 0 Å². The van der Waals surface area contributed by atoms with Crippen LogP contribution < -0.4 is 0 Å². The van der Waals surface area contributed by atoms with Gasteiger partial charge in [0.05, 0.1) is 4.92 Å². The van der Waals surface area contributed by atoms with E-state index in [1.165, 1.54) is 12.1 Å². The molecule has 1 rings (SSSR count). The molecule has 1 aromatic carbocycles. The van der Waals surface area contributed by atoms with E-state index in [1.807, 2.05) is 0 Å². The Morgan fingerprint density at radius 1 is 1.57 bits per heavy atom. The minimum Gasteiger partial charge on any atom is -0.502 e. The molecule has 0 spiro atoms. The van der Waals surface area contributed by atoms with Gasteiger partial charge in [-0.3, -0.25) is 10.1 Å². The molecule has 14 heavy (non-hydrogen) atoms. The number of hydrogen-bond donors (Lipinski definition) is 1. The smallest absolute Gasteiger partial charge is 0.311 e. The third-order valence-corrected chi connectivity index (χ3v) is 2.00. The average molecular weight is 258 g/mol. The number of nitro groups is 1. The molecule has 0 unspecified atom stereocenters. The molecule has 0 aliphatic heterocycles. The van der Waals surface area contributed by atoms with Crippen molar-refractivity contribution < 1.29 is 10.0 Å². The second-order valence-electron chi connectivity index (χ2n) is 2.53. The Hall–Kier alpha value is -1.36. The summed E-state index contributed by atoms with van der Waals surface area (Å²) in [5.74, 6) is -0.297. The highest BCUT2D eigenvalue weighted by molar-refractivity contribution is 9.09. The number of halogens is 1. The van der Waals surface area contributed by atoms with Crippen molar-refractivity contribution in [3.8, 4) is 5.75 Å². The molecule has 0 aromatic heterocycles. The van der Waals surface area contributed by atoms with Gasteiger partial charge in [0.1, 0.15) is 0 Å². The molecule has 0 radical (unpaired) electrons. The number of phenolic OH excluding ortho intramolecular Hbond substituents is 1. The summed E-state index contributed by atoms with van der Waals surface area (Å²) < 4.78 is 0. The van der Waals surface area contributed by atoms with Crippen molar-refractivity contribution in [2.75, 3.05) is 5.33 Å². The highest BCUT2D eigenvalue weighted by Gasteiger charge is 2.14. The van der Waals surface area contributed by atoms with E-state index in [0.29, 0.717) is 10.9 Å². The second-order valence-corrected chi connectivity index (χ2v) is 3.18. The molecule has 4 nitrogen and oxygen atoms in total. The van der Waals surface area contributed by atoms with Crippen molar-refractivity contribution in [2.45, 2.75) is 0 Å². The first-order valence-electron chi connectivity index (χ1n) is 3.85. The summed E-state index contributed by atoms with van der Waals surface area (Å²) in [5, 5.41) is 20.6. The van der Waals surface area contributed by atoms with Crippen molar-refractivity contribution in [3.05, 3.63) is 40.0 Å². The molecule has 0 bridgehead atoms. The van der Waals surface area contributed by atoms with E-state index in [4.69, 9.17) is 0 Å². The number of alkyl halides is 1. The molecule has 0 saturated carbocycles. The van der Waals surface area contributed by atoms with Crippen LogP contribution >= 0.6 is 15.9 Å². The van der Waals surface area contributed by atoms with E-state index >= 15 is 0 Å². The van der Waals surface area contributed by atoms with Crippen molar-refractivity contribution in [3.63, 3.8) is 0 Å². The standard InChI is InChI=1S/C9H8BrNO3/c10-6-2-4-7-3-1-5-8(9(7)12)11(13)14/h1-5,12H,6H2. The van der Waals surface area contributed by atoms with Crippen LogP contribution in [-0.4, -0.2) is 15.4 Å². The van der Waals surface area contributed by atoms with Crippen LogP contribution in [0.3, 0.4) is 0 Å². The lowest BCUT2D eigenvalue weighted by molar-refractivity contribution is -0.385. The van der Waals surface area contributed by atoms with Gasteiger partial charge in [-0.05, 0) is 0 Å². The number of hydrogen-bond acceptors (Lipinski definition) is 3. The van der Waals surface area contributed by atoms with Gasteiger partial charge in [0.15, 0.2) is 0 Å². The van der Waals surface area contributed by atoms with E-state index in [0.717, 1.165) is 0 Å². The van der Waals surface area contributed by atoms with Crippen LogP contribution in [0.25, 0.3) is 6.08 Å². The molecule has 1 aromatic rings. The van der Waals surface area contributed by atoms with Gasteiger partial charge in [-0.2, -0.15) is 0 Å². The number of allylic oxidation sites excluding steroid dienone is 1. The number of nitro benzene ring substituents is 1. The van der Waals surface area contributed by atoms with Gasteiger partial charge in [0.2, 0.25) is 5.75 Å².